The summed E-state index contributed by atoms with van der Waals surface area (Å²) in [5.41, 5.74) is 2.66. The number of oxazole rings is 1. The first-order valence-electron chi connectivity index (χ1n) is 14.9. The molecule has 2 aromatic heterocycles. The second kappa shape index (κ2) is 11.5. The number of primary amides is 1. The lowest BCUT2D eigenvalue weighted by atomic mass is 9.80. The number of amides is 2. The average molecular weight is 711 g/mol. The second-order valence-electron chi connectivity index (χ2n) is 12.0. The molecule has 0 unspecified atom stereocenters. The Morgan fingerprint density at radius 1 is 1.12 bits per heavy atom. The number of ether oxygens (including phenoxy) is 4. The van der Waals surface area contributed by atoms with E-state index in [0.717, 1.165) is 12.1 Å². The van der Waals surface area contributed by atoms with Crippen LogP contribution in [0.5, 0.6) is 23.0 Å². The van der Waals surface area contributed by atoms with Gasteiger partial charge in [-0.1, -0.05) is 23.7 Å². The standard InChI is InChI=1S/C34H26ClF3N4O8/c1-15-41-27-22(46-3)9-16(10-23(27)48-15)30(43)40-13-33(45,17-5-4-6-18(36)11-17)24-12-20-28(47-14-32(20,2)31(39)44)26(42-24)19-7-8-21-29(25(19)35)50-34(37,38)49-21/h4-12,45H,13-14H2,1-3H3,(H2,39,44)(H,40,43)/t32-,33+/m0/s1. The maximum Gasteiger partial charge on any atom is 0.586 e. The number of aliphatic hydroxyl groups is 1. The molecule has 0 radical (unpaired) electrons. The van der Waals surface area contributed by atoms with Gasteiger partial charge in [-0.25, -0.2) is 14.4 Å². The summed E-state index contributed by atoms with van der Waals surface area (Å²) in [5.74, 6) is -2.37. The van der Waals surface area contributed by atoms with Gasteiger partial charge in [0.05, 0.1) is 24.4 Å². The van der Waals surface area contributed by atoms with Crippen molar-refractivity contribution in [1.82, 2.24) is 15.3 Å². The Morgan fingerprint density at radius 3 is 2.62 bits per heavy atom. The maximum atomic E-state index is 14.7. The van der Waals surface area contributed by atoms with Gasteiger partial charge in [-0.3, -0.25) is 9.59 Å². The quantitative estimate of drug-likeness (QED) is 0.197. The van der Waals surface area contributed by atoms with E-state index in [-0.39, 0.29) is 68.1 Å². The van der Waals surface area contributed by atoms with Crippen LogP contribution < -0.4 is 30.0 Å². The molecule has 16 heteroatoms. The first-order valence-corrected chi connectivity index (χ1v) is 15.3. The molecular weight excluding hydrogens is 685 g/mol. The fourth-order valence-electron chi connectivity index (χ4n) is 5.94. The number of nitrogens with one attached hydrogen (secondary N) is 1. The van der Waals surface area contributed by atoms with Crippen LogP contribution in [0.2, 0.25) is 5.02 Å². The number of alkyl halides is 2. The molecule has 50 heavy (non-hydrogen) atoms. The third-order valence-electron chi connectivity index (χ3n) is 8.66. The van der Waals surface area contributed by atoms with E-state index >= 15 is 0 Å². The lowest BCUT2D eigenvalue weighted by Gasteiger charge is -2.30. The summed E-state index contributed by atoms with van der Waals surface area (Å²) in [6.45, 7) is 2.31. The largest absolute Gasteiger partial charge is 0.586 e. The molecule has 0 fully saturated rings. The van der Waals surface area contributed by atoms with Gasteiger partial charge in [0, 0.05) is 23.6 Å². The van der Waals surface area contributed by atoms with E-state index in [1.807, 2.05) is 0 Å². The lowest BCUT2D eigenvalue weighted by Crippen LogP contribution is -2.43. The van der Waals surface area contributed by atoms with Crippen LogP contribution in [-0.4, -0.2) is 53.4 Å². The minimum absolute atomic E-state index is 0.00640. The number of fused-ring (bicyclic) bond motifs is 3. The van der Waals surface area contributed by atoms with E-state index in [2.05, 4.69) is 24.8 Å². The predicted molar refractivity (Wildman–Crippen MR) is 170 cm³/mol. The Bertz CT molecular complexity index is 2250. The zero-order valence-corrected chi connectivity index (χ0v) is 27.2. The normalized spacial score (nSPS) is 18.3. The van der Waals surface area contributed by atoms with Gasteiger partial charge in [-0.2, -0.15) is 0 Å². The molecule has 2 aliphatic heterocycles. The summed E-state index contributed by atoms with van der Waals surface area (Å²) < 4.78 is 68.7. The van der Waals surface area contributed by atoms with E-state index in [1.165, 1.54) is 56.5 Å². The zero-order valence-electron chi connectivity index (χ0n) is 26.4. The summed E-state index contributed by atoms with van der Waals surface area (Å²) in [6.07, 6.45) is -3.99. The number of methoxy groups -OCH3 is 1. The van der Waals surface area contributed by atoms with Crippen molar-refractivity contribution in [3.8, 4) is 34.3 Å². The molecule has 4 N–H and O–H groups in total. The first-order chi connectivity index (χ1) is 23.6. The van der Waals surface area contributed by atoms with Crippen LogP contribution in [0.3, 0.4) is 0 Å². The van der Waals surface area contributed by atoms with E-state index in [4.69, 9.17) is 31.2 Å². The predicted octanol–water partition coefficient (Wildman–Crippen LogP) is 5.12. The summed E-state index contributed by atoms with van der Waals surface area (Å²) in [6, 6.07) is 11.7. The molecule has 2 atom stereocenters. The topological polar surface area (TPSA) is 168 Å². The summed E-state index contributed by atoms with van der Waals surface area (Å²) in [5, 5.41) is 14.9. The van der Waals surface area contributed by atoms with Crippen molar-refractivity contribution in [1.29, 1.82) is 0 Å². The second-order valence-corrected chi connectivity index (χ2v) is 12.3. The molecule has 12 nitrogen and oxygen atoms in total. The minimum atomic E-state index is -3.99. The molecule has 0 saturated heterocycles. The van der Waals surface area contributed by atoms with Crippen LogP contribution in [0.25, 0.3) is 22.4 Å². The van der Waals surface area contributed by atoms with Crippen LogP contribution in [0.1, 0.15) is 40.0 Å². The minimum Gasteiger partial charge on any atom is -0.494 e. The maximum absolute atomic E-state index is 14.7. The van der Waals surface area contributed by atoms with Crippen LogP contribution in [0.4, 0.5) is 13.2 Å². The number of hydrogen-bond acceptors (Lipinski definition) is 10. The highest BCUT2D eigenvalue weighted by atomic mass is 35.5. The number of aromatic nitrogens is 2. The Labute approximate surface area is 285 Å². The highest BCUT2D eigenvalue weighted by molar-refractivity contribution is 6.35. The number of aryl methyl sites for hydroxylation is 1. The van der Waals surface area contributed by atoms with Gasteiger partial charge in [0.1, 0.15) is 40.6 Å². The molecule has 2 amide bonds. The molecule has 0 bridgehead atoms. The van der Waals surface area contributed by atoms with E-state index in [1.54, 1.807) is 6.92 Å². The highest BCUT2D eigenvalue weighted by Crippen LogP contribution is 2.53. The molecule has 0 saturated carbocycles. The van der Waals surface area contributed by atoms with Crippen LogP contribution in [0, 0.1) is 12.7 Å². The fraction of sp³-hybridized carbons (Fsp3) is 0.235. The van der Waals surface area contributed by atoms with Gasteiger partial charge in [0.2, 0.25) is 5.91 Å². The Hall–Kier alpha value is -5.54. The third-order valence-corrected chi connectivity index (χ3v) is 9.04. The van der Waals surface area contributed by atoms with E-state index in [9.17, 15) is 27.9 Å². The van der Waals surface area contributed by atoms with Gasteiger partial charge in [-0.15, -0.1) is 8.78 Å². The van der Waals surface area contributed by atoms with Crippen molar-refractivity contribution in [2.75, 3.05) is 20.3 Å². The third kappa shape index (κ3) is 5.29. The summed E-state index contributed by atoms with van der Waals surface area (Å²) in [4.78, 5) is 35.3. The highest BCUT2D eigenvalue weighted by Gasteiger charge is 2.48. The average Bonchev–Trinajstić information content (AvgIpc) is 3.74. The number of nitrogens with zero attached hydrogens (tertiary/aromatic N) is 2. The molecule has 2 aliphatic rings. The van der Waals surface area contributed by atoms with E-state index < -0.39 is 47.2 Å². The van der Waals surface area contributed by atoms with Crippen LogP contribution in [0.15, 0.2) is 59.0 Å². The van der Waals surface area contributed by atoms with Gasteiger partial charge >= 0.3 is 6.29 Å². The van der Waals surface area contributed by atoms with Gasteiger partial charge in [-0.05, 0) is 55.0 Å². The smallest absolute Gasteiger partial charge is 0.494 e. The number of carbonyl (C=O) groups is 2. The van der Waals surface area contributed by atoms with Crippen LogP contribution in [-0.2, 0) is 15.8 Å². The molecule has 3 aromatic carbocycles. The molecule has 7 rings (SSSR count). The molecule has 4 heterocycles. The van der Waals surface area contributed by atoms with Crippen molar-refractivity contribution >= 4 is 34.5 Å². The molecule has 0 spiro atoms. The van der Waals surface area contributed by atoms with E-state index in [0.29, 0.717) is 11.4 Å². The van der Waals surface area contributed by atoms with Crippen molar-refractivity contribution in [3.05, 3.63) is 93.7 Å². The molecule has 5 aromatic rings. The van der Waals surface area contributed by atoms with Crippen molar-refractivity contribution in [3.63, 3.8) is 0 Å². The number of benzene rings is 3. The fourth-order valence-corrected chi connectivity index (χ4v) is 6.22. The Kier molecular flexibility index (Phi) is 7.60. The van der Waals surface area contributed by atoms with Crippen LogP contribution >= 0.6 is 11.6 Å². The molecule has 258 valence electrons. The number of pyridine rings is 1. The van der Waals surface area contributed by atoms with Gasteiger partial charge < -0.3 is 39.5 Å². The van der Waals surface area contributed by atoms with Crippen molar-refractivity contribution in [2.45, 2.75) is 31.2 Å². The lowest BCUT2D eigenvalue weighted by molar-refractivity contribution is -0.286. The number of halogens is 4. The van der Waals surface area contributed by atoms with Crippen molar-refractivity contribution < 1.29 is 51.2 Å². The monoisotopic (exact) mass is 710 g/mol. The number of carbonyl (C=O) groups excluding carboxylic acids is 2. The first kappa shape index (κ1) is 33.0. The molecular formula is C34H26ClF3N4O8. The number of nitrogens with two attached hydrogens (primary N) is 1. The SMILES string of the molecule is COc1cc(C(=O)NC[C@@](O)(c2cccc(F)c2)c2cc3c(c(-c4ccc5c(c4Cl)OC(F)(F)O5)n2)OC[C@]3(C)C(N)=O)cc2oc(C)nc12. The van der Waals surface area contributed by atoms with Crippen molar-refractivity contribution in [2.24, 2.45) is 5.73 Å². The Balaban J connectivity index is 1.38. The zero-order chi connectivity index (χ0) is 35.7. The molecule has 0 aliphatic carbocycles. The Morgan fingerprint density at radius 2 is 1.90 bits per heavy atom. The number of hydrogen-bond donors (Lipinski definition) is 3. The van der Waals surface area contributed by atoms with Gasteiger partial charge in [0.25, 0.3) is 5.91 Å². The van der Waals surface area contributed by atoms with Gasteiger partial charge in [0.15, 0.2) is 28.5 Å². The summed E-state index contributed by atoms with van der Waals surface area (Å²) >= 11 is 6.58. The summed E-state index contributed by atoms with van der Waals surface area (Å²) in [7, 11) is 1.40. The number of rotatable bonds is 8.